The van der Waals surface area contributed by atoms with Crippen LogP contribution >= 0.6 is 0 Å². The Kier molecular flexibility index (Phi) is 4.44. The summed E-state index contributed by atoms with van der Waals surface area (Å²) in [7, 11) is 2.03. The lowest BCUT2D eigenvalue weighted by atomic mass is 9.99. The average molecular weight is 361 g/mol. The number of nitrogens with zero attached hydrogens (tertiary/aromatic N) is 2. The lowest BCUT2D eigenvalue weighted by molar-refractivity contribution is -0.131. The monoisotopic (exact) mass is 361 g/mol. The summed E-state index contributed by atoms with van der Waals surface area (Å²) in [5, 5.41) is 4.01. The summed E-state index contributed by atoms with van der Waals surface area (Å²) >= 11 is 0. The molecule has 2 amide bonds. The van der Waals surface area contributed by atoms with E-state index in [2.05, 4.69) is 22.9 Å². The molecule has 0 saturated carbocycles. The number of nitrogens with one attached hydrogen (secondary N) is 1. The second-order valence-electron chi connectivity index (χ2n) is 7.25. The molecule has 27 heavy (non-hydrogen) atoms. The van der Waals surface area contributed by atoms with Gasteiger partial charge >= 0.3 is 0 Å². The molecule has 2 aromatic carbocycles. The van der Waals surface area contributed by atoms with Crippen molar-refractivity contribution < 1.29 is 9.59 Å². The number of hydrogen-bond acceptors (Lipinski definition) is 2. The highest BCUT2D eigenvalue weighted by molar-refractivity contribution is 5.97. The molecule has 1 aliphatic rings. The number of anilines is 1. The van der Waals surface area contributed by atoms with E-state index in [-0.39, 0.29) is 24.3 Å². The van der Waals surface area contributed by atoms with E-state index < -0.39 is 0 Å². The first kappa shape index (κ1) is 17.3. The van der Waals surface area contributed by atoms with E-state index >= 15 is 0 Å². The molecule has 138 valence electrons. The number of likely N-dealkylation sites (tertiary alicyclic amines) is 1. The third kappa shape index (κ3) is 3.45. The number of aryl methyl sites for hydroxylation is 2. The van der Waals surface area contributed by atoms with Crippen molar-refractivity contribution in [3.63, 3.8) is 0 Å². The van der Waals surface area contributed by atoms with E-state index in [0.29, 0.717) is 13.0 Å². The standard InChI is InChI=1S/C22H23N3O2/c1-15-10-17-11-19(8-9-20(17)24(15)2)23-21(26)14-25-13-18(12-22(25)27)16-6-4-3-5-7-16/h3-11,18H,12-14H2,1-2H3,(H,23,26). The van der Waals surface area contributed by atoms with Gasteiger partial charge in [0.25, 0.3) is 0 Å². The number of carbonyl (C=O) groups excluding carboxylic acids is 2. The molecule has 0 radical (unpaired) electrons. The topological polar surface area (TPSA) is 54.3 Å². The fraction of sp³-hybridized carbons (Fsp3) is 0.273. The summed E-state index contributed by atoms with van der Waals surface area (Å²) in [5.74, 6) is 0.0346. The second-order valence-corrected chi connectivity index (χ2v) is 7.25. The molecule has 5 heteroatoms. The third-order valence-corrected chi connectivity index (χ3v) is 5.39. The van der Waals surface area contributed by atoms with Gasteiger partial charge in [0.05, 0.1) is 6.54 Å². The maximum atomic E-state index is 12.5. The van der Waals surface area contributed by atoms with E-state index in [9.17, 15) is 9.59 Å². The van der Waals surface area contributed by atoms with Gasteiger partial charge in [0.2, 0.25) is 11.8 Å². The number of carbonyl (C=O) groups is 2. The zero-order valence-electron chi connectivity index (χ0n) is 15.6. The van der Waals surface area contributed by atoms with Gasteiger partial charge in [0, 0.05) is 48.2 Å². The van der Waals surface area contributed by atoms with Gasteiger partial charge < -0.3 is 14.8 Å². The van der Waals surface area contributed by atoms with Crippen molar-refractivity contribution in [2.45, 2.75) is 19.3 Å². The number of aromatic nitrogens is 1. The van der Waals surface area contributed by atoms with Crippen molar-refractivity contribution in [3.05, 3.63) is 65.9 Å². The van der Waals surface area contributed by atoms with Crippen LogP contribution in [0.2, 0.25) is 0 Å². The minimum absolute atomic E-state index is 0.0353. The van der Waals surface area contributed by atoms with Crippen molar-refractivity contribution in [1.82, 2.24) is 9.47 Å². The predicted octanol–water partition coefficient (Wildman–Crippen LogP) is 3.44. The predicted molar refractivity (Wildman–Crippen MR) is 107 cm³/mol. The third-order valence-electron chi connectivity index (χ3n) is 5.39. The molecule has 4 rings (SSSR count). The van der Waals surface area contributed by atoms with Crippen LogP contribution in [-0.4, -0.2) is 34.4 Å². The van der Waals surface area contributed by atoms with Crippen LogP contribution in [-0.2, 0) is 16.6 Å². The highest BCUT2D eigenvalue weighted by atomic mass is 16.2. The summed E-state index contributed by atoms with van der Waals surface area (Å²) in [6.45, 7) is 2.74. The Bertz CT molecular complexity index is 1010. The highest BCUT2D eigenvalue weighted by Crippen LogP contribution is 2.28. The Hall–Kier alpha value is -3.08. The minimum atomic E-state index is -0.163. The quantitative estimate of drug-likeness (QED) is 0.774. The molecular formula is C22H23N3O2. The van der Waals surface area contributed by atoms with Crippen molar-refractivity contribution >= 4 is 28.4 Å². The maximum absolute atomic E-state index is 12.5. The molecule has 3 aromatic rings. The van der Waals surface area contributed by atoms with E-state index in [0.717, 1.165) is 22.2 Å². The van der Waals surface area contributed by atoms with Gasteiger partial charge in [-0.1, -0.05) is 30.3 Å². The Labute approximate surface area is 158 Å². The number of amides is 2. The van der Waals surface area contributed by atoms with E-state index in [4.69, 9.17) is 0 Å². The van der Waals surface area contributed by atoms with Crippen LogP contribution in [0.4, 0.5) is 5.69 Å². The first-order valence-corrected chi connectivity index (χ1v) is 9.20. The summed E-state index contributed by atoms with van der Waals surface area (Å²) in [5.41, 5.74) is 4.21. The van der Waals surface area contributed by atoms with E-state index in [1.807, 2.05) is 55.6 Å². The number of rotatable bonds is 4. The molecule has 1 atom stereocenters. The lowest BCUT2D eigenvalue weighted by Crippen LogP contribution is -2.34. The van der Waals surface area contributed by atoms with Crippen LogP contribution < -0.4 is 5.32 Å². The van der Waals surface area contributed by atoms with Crippen LogP contribution in [0.15, 0.2) is 54.6 Å². The second kappa shape index (κ2) is 6.91. The van der Waals surface area contributed by atoms with Gasteiger partial charge in [-0.25, -0.2) is 0 Å². The molecule has 1 N–H and O–H groups in total. The van der Waals surface area contributed by atoms with Gasteiger partial charge in [-0.2, -0.15) is 0 Å². The number of hydrogen-bond donors (Lipinski definition) is 1. The van der Waals surface area contributed by atoms with Crippen LogP contribution in [0.1, 0.15) is 23.6 Å². The van der Waals surface area contributed by atoms with Crippen molar-refractivity contribution in [2.24, 2.45) is 7.05 Å². The van der Waals surface area contributed by atoms with Crippen LogP contribution in [0.25, 0.3) is 10.9 Å². The van der Waals surface area contributed by atoms with Crippen LogP contribution in [0, 0.1) is 6.92 Å². The molecule has 0 bridgehead atoms. The normalized spacial score (nSPS) is 16.9. The summed E-state index contributed by atoms with van der Waals surface area (Å²) < 4.78 is 2.12. The molecule has 1 aromatic heterocycles. The molecule has 1 aliphatic heterocycles. The Morgan fingerprint density at radius 1 is 1.15 bits per heavy atom. The Morgan fingerprint density at radius 3 is 2.70 bits per heavy atom. The molecule has 0 spiro atoms. The van der Waals surface area contributed by atoms with Crippen molar-refractivity contribution in [3.8, 4) is 0 Å². The maximum Gasteiger partial charge on any atom is 0.243 e. The fourth-order valence-corrected chi connectivity index (χ4v) is 3.81. The van der Waals surface area contributed by atoms with E-state index in [1.54, 1.807) is 4.90 Å². The first-order chi connectivity index (χ1) is 13.0. The first-order valence-electron chi connectivity index (χ1n) is 9.20. The van der Waals surface area contributed by atoms with Gasteiger partial charge in [-0.15, -0.1) is 0 Å². The molecule has 0 aliphatic carbocycles. The Morgan fingerprint density at radius 2 is 1.93 bits per heavy atom. The summed E-state index contributed by atoms with van der Waals surface area (Å²) in [4.78, 5) is 26.4. The number of fused-ring (bicyclic) bond motifs is 1. The van der Waals surface area contributed by atoms with Gasteiger partial charge in [0.1, 0.15) is 0 Å². The summed E-state index contributed by atoms with van der Waals surface area (Å²) in [6, 6.07) is 18.0. The SMILES string of the molecule is Cc1cc2cc(NC(=O)CN3CC(c4ccccc4)CC3=O)ccc2n1C. The average Bonchev–Trinajstić information content (AvgIpc) is 3.15. The smallest absolute Gasteiger partial charge is 0.243 e. The highest BCUT2D eigenvalue weighted by Gasteiger charge is 2.31. The van der Waals surface area contributed by atoms with Gasteiger partial charge in [-0.3, -0.25) is 9.59 Å². The zero-order chi connectivity index (χ0) is 19.0. The molecule has 2 heterocycles. The van der Waals surface area contributed by atoms with Crippen LogP contribution in [0.3, 0.4) is 0 Å². The zero-order valence-corrected chi connectivity index (χ0v) is 15.6. The fourth-order valence-electron chi connectivity index (χ4n) is 3.81. The Balaban J connectivity index is 1.41. The molecule has 5 nitrogen and oxygen atoms in total. The molecule has 1 saturated heterocycles. The van der Waals surface area contributed by atoms with Gasteiger partial charge in [0.15, 0.2) is 0 Å². The largest absolute Gasteiger partial charge is 0.348 e. The van der Waals surface area contributed by atoms with Crippen LogP contribution in [0.5, 0.6) is 0 Å². The van der Waals surface area contributed by atoms with Crippen molar-refractivity contribution in [2.75, 3.05) is 18.4 Å². The minimum Gasteiger partial charge on any atom is -0.348 e. The summed E-state index contributed by atoms with van der Waals surface area (Å²) in [6.07, 6.45) is 0.465. The van der Waals surface area contributed by atoms with Crippen molar-refractivity contribution in [1.29, 1.82) is 0 Å². The lowest BCUT2D eigenvalue weighted by Gasteiger charge is -2.16. The van der Waals surface area contributed by atoms with Gasteiger partial charge in [-0.05, 0) is 36.8 Å². The molecule has 1 unspecified atom stereocenters. The molecule has 1 fully saturated rings. The number of benzene rings is 2. The van der Waals surface area contributed by atoms with E-state index in [1.165, 1.54) is 5.69 Å². The molecular weight excluding hydrogens is 338 g/mol.